The number of nitrogens with one attached hydrogen (secondary N) is 1. The summed E-state index contributed by atoms with van der Waals surface area (Å²) in [6, 6.07) is 13.0. The Morgan fingerprint density at radius 2 is 1.66 bits per heavy atom. The minimum atomic E-state index is -3.97. The number of carbonyl (C=O) groups is 1. The molecule has 0 bridgehead atoms. The van der Waals surface area contributed by atoms with Gasteiger partial charge in [0.2, 0.25) is 5.91 Å². The lowest BCUT2D eigenvalue weighted by Crippen LogP contribution is -2.23. The van der Waals surface area contributed by atoms with Crippen LogP contribution in [0.25, 0.3) is 0 Å². The van der Waals surface area contributed by atoms with Crippen LogP contribution in [-0.4, -0.2) is 63.6 Å². The Balaban J connectivity index is 1.88. The maximum absolute atomic E-state index is 12.5. The molecule has 178 valence electrons. The van der Waals surface area contributed by atoms with E-state index in [9.17, 15) is 18.3 Å². The number of aliphatic hydroxyl groups excluding tert-OH is 1. The van der Waals surface area contributed by atoms with Crippen molar-refractivity contribution < 1.29 is 31.4 Å². The van der Waals surface area contributed by atoms with Crippen LogP contribution in [0.2, 0.25) is 0 Å². The van der Waals surface area contributed by atoms with E-state index in [0.717, 1.165) is 5.56 Å². The maximum Gasteiger partial charge on any atom is 0.306 e. The molecule has 1 atom stereocenters. The zero-order valence-electron chi connectivity index (χ0n) is 18.7. The largest absolute Gasteiger partial charge is 0.491 e. The first-order valence-electron chi connectivity index (χ1n) is 10.0. The van der Waals surface area contributed by atoms with Crippen LogP contribution in [0.3, 0.4) is 0 Å². The van der Waals surface area contributed by atoms with Crippen molar-refractivity contribution in [3.8, 4) is 5.75 Å². The van der Waals surface area contributed by atoms with Crippen molar-refractivity contribution in [1.29, 1.82) is 0 Å². The van der Waals surface area contributed by atoms with Gasteiger partial charge in [-0.3, -0.25) is 4.79 Å². The molecule has 32 heavy (non-hydrogen) atoms. The first kappa shape index (κ1) is 26.1. The molecule has 0 spiro atoms. The van der Waals surface area contributed by atoms with Gasteiger partial charge in [-0.25, -0.2) is 3.63 Å². The van der Waals surface area contributed by atoms with Gasteiger partial charge in [-0.15, -0.1) is 10.3 Å². The second kappa shape index (κ2) is 11.7. The summed E-state index contributed by atoms with van der Waals surface area (Å²) in [5.41, 5.74) is 1.47. The molecule has 2 aromatic rings. The predicted molar refractivity (Wildman–Crippen MR) is 127 cm³/mol. The smallest absolute Gasteiger partial charge is 0.306 e. The first-order valence-corrected chi connectivity index (χ1v) is 14.0. The van der Waals surface area contributed by atoms with Gasteiger partial charge < -0.3 is 19.9 Å². The Morgan fingerprint density at radius 3 is 2.25 bits per heavy atom. The summed E-state index contributed by atoms with van der Waals surface area (Å²) >= 11 is 0. The predicted octanol–water partition coefficient (Wildman–Crippen LogP) is 3.09. The average molecular weight is 486 g/mol. The Morgan fingerprint density at radius 1 is 1.03 bits per heavy atom. The highest BCUT2D eigenvalue weighted by molar-refractivity contribution is 8.32. The number of aryl methyl sites for hydroxylation is 1. The minimum absolute atomic E-state index is 0.0612. The van der Waals surface area contributed by atoms with Gasteiger partial charge in [0.05, 0.1) is 17.3 Å². The Kier molecular flexibility index (Phi) is 9.53. The van der Waals surface area contributed by atoms with Crippen LogP contribution in [0.5, 0.6) is 5.75 Å². The fourth-order valence-electron chi connectivity index (χ4n) is 2.65. The summed E-state index contributed by atoms with van der Waals surface area (Å²) in [5.74, 6) is 0.0990. The van der Waals surface area contributed by atoms with Gasteiger partial charge in [0.25, 0.3) is 0 Å². The number of carbonyl (C=O) groups excluding carboxylic acids is 1. The van der Waals surface area contributed by atoms with Crippen molar-refractivity contribution >= 4 is 32.0 Å². The van der Waals surface area contributed by atoms with Gasteiger partial charge >= 0.3 is 10.1 Å². The van der Waals surface area contributed by atoms with Crippen molar-refractivity contribution in [2.75, 3.05) is 43.4 Å². The molecular formula is C22H31NO7S2. The summed E-state index contributed by atoms with van der Waals surface area (Å²) in [5, 5.41) is 12.5. The molecule has 10 heteroatoms. The molecule has 0 aliphatic carbocycles. The number of hydrogen-bond donors (Lipinski definition) is 2. The number of ether oxygens (including phenoxy) is 2. The summed E-state index contributed by atoms with van der Waals surface area (Å²) < 4.78 is 41.1. The van der Waals surface area contributed by atoms with Crippen LogP contribution in [0.15, 0.2) is 53.4 Å². The summed E-state index contributed by atoms with van der Waals surface area (Å²) in [4.78, 5) is 12.5. The molecule has 0 aromatic heterocycles. The second-order valence-corrected chi connectivity index (χ2v) is 12.7. The number of amides is 1. The normalized spacial score (nSPS) is 13.4. The third-order valence-corrected chi connectivity index (χ3v) is 8.15. The van der Waals surface area contributed by atoms with Crippen LogP contribution >= 0.6 is 10.3 Å². The highest BCUT2D eigenvalue weighted by atomic mass is 32.3. The van der Waals surface area contributed by atoms with E-state index in [0.29, 0.717) is 18.0 Å². The zero-order chi connectivity index (χ0) is 23.8. The lowest BCUT2D eigenvalue weighted by molar-refractivity contribution is -0.113. The van der Waals surface area contributed by atoms with Crippen LogP contribution in [0.1, 0.15) is 12.5 Å². The Hall–Kier alpha value is -2.11. The van der Waals surface area contributed by atoms with Crippen LogP contribution in [0, 0.1) is 6.92 Å². The number of hydrogen-bond acceptors (Lipinski definition) is 7. The van der Waals surface area contributed by atoms with E-state index in [-0.39, 0.29) is 29.8 Å². The van der Waals surface area contributed by atoms with Crippen molar-refractivity contribution in [1.82, 2.24) is 0 Å². The van der Waals surface area contributed by atoms with Crippen molar-refractivity contribution in [2.45, 2.75) is 24.8 Å². The maximum atomic E-state index is 12.5. The summed E-state index contributed by atoms with van der Waals surface area (Å²) in [6.07, 6.45) is 2.53. The zero-order valence-corrected chi connectivity index (χ0v) is 20.4. The van der Waals surface area contributed by atoms with Gasteiger partial charge in [0, 0.05) is 12.3 Å². The molecule has 2 N–H and O–H groups in total. The average Bonchev–Trinajstić information content (AvgIpc) is 2.70. The molecule has 0 fully saturated rings. The monoisotopic (exact) mass is 485 g/mol. The topological polar surface area (TPSA) is 111 Å². The molecule has 0 heterocycles. The molecule has 0 aliphatic heterocycles. The van der Waals surface area contributed by atoms with Crippen LogP contribution in [-0.2, 0) is 23.3 Å². The van der Waals surface area contributed by atoms with E-state index >= 15 is 0 Å². The third-order valence-electron chi connectivity index (χ3n) is 4.16. The number of anilines is 1. The lowest BCUT2D eigenvalue weighted by Gasteiger charge is -2.29. The third kappa shape index (κ3) is 8.79. The van der Waals surface area contributed by atoms with E-state index < -0.39 is 26.5 Å². The van der Waals surface area contributed by atoms with Gasteiger partial charge in [0.1, 0.15) is 18.5 Å². The van der Waals surface area contributed by atoms with E-state index in [4.69, 9.17) is 13.1 Å². The molecule has 0 saturated carbocycles. The minimum Gasteiger partial charge on any atom is -0.491 e. The molecule has 1 unspecified atom stereocenters. The van der Waals surface area contributed by atoms with Crippen LogP contribution in [0.4, 0.5) is 5.69 Å². The molecule has 0 aliphatic rings. The number of rotatable bonds is 12. The van der Waals surface area contributed by atoms with Gasteiger partial charge in [-0.1, -0.05) is 17.7 Å². The molecular weight excluding hydrogens is 454 g/mol. The van der Waals surface area contributed by atoms with E-state index in [1.54, 1.807) is 48.9 Å². The number of aliphatic hydroxyl groups is 1. The van der Waals surface area contributed by atoms with Crippen LogP contribution < -0.4 is 10.1 Å². The Labute approximate surface area is 191 Å². The molecule has 1 amide bonds. The highest BCUT2D eigenvalue weighted by Crippen LogP contribution is 2.44. The fraction of sp³-hybridized carbons (Fsp3) is 0.409. The molecule has 2 rings (SSSR count). The fourth-order valence-corrected chi connectivity index (χ4v) is 6.27. The molecule has 2 aromatic carbocycles. The van der Waals surface area contributed by atoms with Crippen molar-refractivity contribution in [2.24, 2.45) is 0 Å². The standard InChI is InChI=1S/C22H31NO7S2/c1-5-28-14-19(24)15-29-20-10-8-18(9-11-20)23-22(25)16-31(3,4)30-32(26,27)21-12-6-17(2)7-13-21/h6-13,19,24H,5,14-16H2,1-4H3,(H,23,25). The van der Waals surface area contributed by atoms with Gasteiger partial charge in [-0.05, 0) is 62.8 Å². The summed E-state index contributed by atoms with van der Waals surface area (Å²) in [6.45, 7) is 4.52. The van der Waals surface area contributed by atoms with E-state index in [2.05, 4.69) is 5.32 Å². The first-order chi connectivity index (χ1) is 15.0. The van der Waals surface area contributed by atoms with Crippen molar-refractivity contribution in [3.05, 3.63) is 54.1 Å². The van der Waals surface area contributed by atoms with Crippen molar-refractivity contribution in [3.63, 3.8) is 0 Å². The molecule has 0 radical (unpaired) electrons. The number of benzene rings is 2. The SMILES string of the molecule is CCOCC(O)COc1ccc(NC(=O)CS(C)(C)OS(=O)(=O)c2ccc(C)cc2)cc1. The van der Waals surface area contributed by atoms with Gasteiger partial charge in [0.15, 0.2) is 0 Å². The van der Waals surface area contributed by atoms with E-state index in [1.165, 1.54) is 12.1 Å². The summed E-state index contributed by atoms with van der Waals surface area (Å²) in [7, 11) is -6.18. The highest BCUT2D eigenvalue weighted by Gasteiger charge is 2.27. The van der Waals surface area contributed by atoms with Gasteiger partial charge in [-0.2, -0.15) is 8.42 Å². The molecule has 0 saturated heterocycles. The van der Waals surface area contributed by atoms with E-state index in [1.807, 2.05) is 13.8 Å². The quantitative estimate of drug-likeness (QED) is 0.475. The second-order valence-electron chi connectivity index (χ2n) is 7.61. The molecule has 8 nitrogen and oxygen atoms in total. The Bertz CT molecular complexity index is 974. The lowest BCUT2D eigenvalue weighted by atomic mass is 10.2.